The van der Waals surface area contributed by atoms with Crippen LogP contribution in [-0.2, 0) is 9.53 Å². The number of esters is 1. The van der Waals surface area contributed by atoms with Crippen molar-refractivity contribution in [3.8, 4) is 0 Å². The second-order valence-electron chi connectivity index (χ2n) is 3.38. The van der Waals surface area contributed by atoms with Crippen LogP contribution in [0.1, 0.15) is 32.0 Å². The number of hydrogen-bond acceptors (Lipinski definition) is 6. The van der Waals surface area contributed by atoms with E-state index in [9.17, 15) is 4.79 Å². The molecule has 1 aromatic rings. The Morgan fingerprint density at radius 1 is 1.62 bits per heavy atom. The summed E-state index contributed by atoms with van der Waals surface area (Å²) in [6, 6.07) is 0. The first-order chi connectivity index (χ1) is 7.67. The topological polar surface area (TPSA) is 52.1 Å². The van der Waals surface area contributed by atoms with E-state index in [2.05, 4.69) is 16.3 Å². The van der Waals surface area contributed by atoms with Gasteiger partial charge in [-0.15, -0.1) is 0 Å². The Morgan fingerprint density at radius 2 is 2.38 bits per heavy atom. The van der Waals surface area contributed by atoms with Crippen LogP contribution in [0.2, 0.25) is 0 Å². The second-order valence-corrected chi connectivity index (χ2v) is 5.58. The predicted molar refractivity (Wildman–Crippen MR) is 65.8 cm³/mol. The molecule has 0 aromatic carbocycles. The van der Waals surface area contributed by atoms with Crippen LogP contribution in [-0.4, -0.2) is 27.7 Å². The zero-order valence-electron chi connectivity index (χ0n) is 9.73. The van der Waals surface area contributed by atoms with Crippen molar-refractivity contribution in [3.05, 3.63) is 5.82 Å². The van der Waals surface area contributed by atoms with Crippen LogP contribution < -0.4 is 0 Å². The lowest BCUT2D eigenvalue weighted by Gasteiger charge is -2.11. The maximum absolute atomic E-state index is 11.5. The van der Waals surface area contributed by atoms with E-state index in [-0.39, 0.29) is 11.2 Å². The molecular weight excluding hydrogens is 244 g/mol. The van der Waals surface area contributed by atoms with Gasteiger partial charge < -0.3 is 4.74 Å². The van der Waals surface area contributed by atoms with E-state index in [0.29, 0.717) is 0 Å². The first kappa shape index (κ1) is 13.4. The quantitative estimate of drug-likeness (QED) is 0.581. The Labute approximate surface area is 104 Å². The molecule has 4 nitrogen and oxygen atoms in total. The number of aryl methyl sites for hydroxylation is 1. The van der Waals surface area contributed by atoms with Crippen molar-refractivity contribution in [1.82, 2.24) is 9.36 Å². The van der Waals surface area contributed by atoms with Crippen molar-refractivity contribution >= 4 is 29.3 Å². The van der Waals surface area contributed by atoms with E-state index < -0.39 is 0 Å². The molecule has 1 aromatic heterocycles. The number of aromatic nitrogens is 2. The fourth-order valence-electron chi connectivity index (χ4n) is 1.19. The summed E-state index contributed by atoms with van der Waals surface area (Å²) in [6.45, 7) is 3.95. The Morgan fingerprint density at radius 3 is 2.88 bits per heavy atom. The van der Waals surface area contributed by atoms with E-state index in [4.69, 9.17) is 4.74 Å². The van der Waals surface area contributed by atoms with Gasteiger partial charge in [0.15, 0.2) is 4.34 Å². The third-order valence-corrected chi connectivity index (χ3v) is 4.16. The molecule has 0 aliphatic carbocycles. The van der Waals surface area contributed by atoms with Crippen molar-refractivity contribution in [1.29, 1.82) is 0 Å². The minimum absolute atomic E-state index is 0.155. The van der Waals surface area contributed by atoms with Crippen molar-refractivity contribution in [2.45, 2.75) is 42.7 Å². The molecule has 0 bridgehead atoms. The van der Waals surface area contributed by atoms with E-state index in [1.807, 2.05) is 6.92 Å². The molecule has 90 valence electrons. The van der Waals surface area contributed by atoms with Crippen molar-refractivity contribution < 1.29 is 9.53 Å². The van der Waals surface area contributed by atoms with Crippen molar-refractivity contribution in [2.75, 3.05) is 7.11 Å². The highest BCUT2D eigenvalue weighted by Crippen LogP contribution is 2.28. The summed E-state index contributed by atoms with van der Waals surface area (Å²) in [5.41, 5.74) is 0. The van der Waals surface area contributed by atoms with Crippen molar-refractivity contribution in [2.24, 2.45) is 0 Å². The first-order valence-corrected chi connectivity index (χ1v) is 6.87. The lowest BCUT2D eigenvalue weighted by molar-refractivity contribution is -0.140. The number of carbonyl (C=O) groups is 1. The SMILES string of the molecule is CCCCC(Sc1nc(C)ns1)C(=O)OC. The normalized spacial score (nSPS) is 12.4. The highest BCUT2D eigenvalue weighted by Gasteiger charge is 2.21. The maximum Gasteiger partial charge on any atom is 0.319 e. The van der Waals surface area contributed by atoms with Crippen LogP contribution in [0.5, 0.6) is 0 Å². The molecule has 0 aliphatic heterocycles. The standard InChI is InChI=1S/C10H16N2O2S2/c1-4-5-6-8(9(13)14-3)15-10-11-7(2)12-16-10/h8H,4-6H2,1-3H3. The summed E-state index contributed by atoms with van der Waals surface area (Å²) in [5, 5.41) is -0.155. The molecule has 1 unspecified atom stereocenters. The lowest BCUT2D eigenvalue weighted by Crippen LogP contribution is -2.18. The molecule has 0 N–H and O–H groups in total. The number of hydrogen-bond donors (Lipinski definition) is 0. The smallest absolute Gasteiger partial charge is 0.319 e. The van der Waals surface area contributed by atoms with Crippen LogP contribution in [0.4, 0.5) is 0 Å². The highest BCUT2D eigenvalue weighted by atomic mass is 32.2. The van der Waals surface area contributed by atoms with Crippen LogP contribution in [0.15, 0.2) is 4.34 Å². The molecule has 0 saturated heterocycles. The van der Waals surface area contributed by atoms with Gasteiger partial charge in [-0.1, -0.05) is 31.5 Å². The Balaban J connectivity index is 2.59. The van der Waals surface area contributed by atoms with Crippen LogP contribution >= 0.6 is 23.3 Å². The van der Waals surface area contributed by atoms with E-state index in [1.54, 1.807) is 0 Å². The van der Waals surface area contributed by atoms with Gasteiger partial charge in [0.2, 0.25) is 0 Å². The molecule has 1 atom stereocenters. The van der Waals surface area contributed by atoms with Crippen LogP contribution in [0.25, 0.3) is 0 Å². The summed E-state index contributed by atoms with van der Waals surface area (Å²) in [4.78, 5) is 15.8. The number of unbranched alkanes of at least 4 members (excludes halogenated alkanes) is 1. The molecule has 0 saturated carbocycles. The molecule has 0 fully saturated rings. The van der Waals surface area contributed by atoms with E-state index >= 15 is 0 Å². The minimum atomic E-state index is -0.175. The Bertz CT molecular complexity index is 341. The summed E-state index contributed by atoms with van der Waals surface area (Å²) in [6.07, 6.45) is 2.92. The number of methoxy groups -OCH3 is 1. The number of rotatable bonds is 6. The molecular formula is C10H16N2O2S2. The number of carbonyl (C=O) groups excluding carboxylic acids is 1. The molecule has 6 heteroatoms. The third-order valence-electron chi connectivity index (χ3n) is 2.04. The van der Waals surface area contributed by atoms with Crippen LogP contribution in [0, 0.1) is 6.92 Å². The summed E-state index contributed by atoms with van der Waals surface area (Å²) >= 11 is 2.79. The van der Waals surface area contributed by atoms with Gasteiger partial charge in [0, 0.05) is 0 Å². The average molecular weight is 260 g/mol. The summed E-state index contributed by atoms with van der Waals surface area (Å²) in [7, 11) is 1.42. The molecule has 0 spiro atoms. The monoisotopic (exact) mass is 260 g/mol. The van der Waals surface area contributed by atoms with Gasteiger partial charge in [0.1, 0.15) is 11.1 Å². The fraction of sp³-hybridized carbons (Fsp3) is 0.700. The van der Waals surface area contributed by atoms with Gasteiger partial charge in [-0.25, -0.2) is 4.98 Å². The minimum Gasteiger partial charge on any atom is -0.468 e. The van der Waals surface area contributed by atoms with Gasteiger partial charge in [-0.3, -0.25) is 4.79 Å². The Kier molecular flexibility index (Phi) is 5.76. The van der Waals surface area contributed by atoms with Crippen LogP contribution in [0.3, 0.4) is 0 Å². The largest absolute Gasteiger partial charge is 0.468 e. The fourth-order valence-corrected chi connectivity index (χ4v) is 3.16. The predicted octanol–water partition coefficient (Wildman–Crippen LogP) is 2.67. The maximum atomic E-state index is 11.5. The van der Waals surface area contributed by atoms with Gasteiger partial charge in [0.05, 0.1) is 7.11 Å². The molecule has 0 aliphatic rings. The third kappa shape index (κ3) is 4.09. The lowest BCUT2D eigenvalue weighted by atomic mass is 10.2. The highest BCUT2D eigenvalue weighted by molar-refractivity contribution is 8.02. The zero-order valence-corrected chi connectivity index (χ0v) is 11.4. The Hall–Kier alpha value is -0.620. The molecule has 1 heterocycles. The first-order valence-electron chi connectivity index (χ1n) is 5.22. The number of thioether (sulfide) groups is 1. The van der Waals surface area contributed by atoms with E-state index in [0.717, 1.165) is 29.4 Å². The van der Waals surface area contributed by atoms with Gasteiger partial charge in [0.25, 0.3) is 0 Å². The summed E-state index contributed by atoms with van der Waals surface area (Å²) < 4.78 is 9.71. The molecule has 0 amide bonds. The number of ether oxygens (including phenoxy) is 1. The molecule has 0 radical (unpaired) electrons. The van der Waals surface area contributed by atoms with E-state index in [1.165, 1.54) is 30.4 Å². The second kappa shape index (κ2) is 6.85. The average Bonchev–Trinajstić information content (AvgIpc) is 2.69. The van der Waals surface area contributed by atoms with Crippen molar-refractivity contribution in [3.63, 3.8) is 0 Å². The molecule has 16 heavy (non-hydrogen) atoms. The summed E-state index contributed by atoms with van der Waals surface area (Å²) in [5.74, 6) is 0.581. The van der Waals surface area contributed by atoms with Gasteiger partial charge in [-0.05, 0) is 24.9 Å². The zero-order chi connectivity index (χ0) is 12.0. The van der Waals surface area contributed by atoms with Gasteiger partial charge in [-0.2, -0.15) is 4.37 Å². The van der Waals surface area contributed by atoms with Gasteiger partial charge >= 0.3 is 5.97 Å². The number of nitrogens with zero attached hydrogens (tertiary/aromatic N) is 2. The molecule has 1 rings (SSSR count).